The summed E-state index contributed by atoms with van der Waals surface area (Å²) in [6.07, 6.45) is 1.43. The van der Waals surface area contributed by atoms with Crippen LogP contribution in [0.5, 0.6) is 0 Å². The number of benzene rings is 1. The van der Waals surface area contributed by atoms with Crippen molar-refractivity contribution in [1.82, 2.24) is 9.88 Å². The number of rotatable bonds is 3. The van der Waals surface area contributed by atoms with E-state index in [1.165, 1.54) is 17.2 Å². The number of hydrogen-bond donors (Lipinski definition) is 0. The molecular formula is C14H11BrF2N2O. The number of pyridine rings is 1. The zero-order valence-corrected chi connectivity index (χ0v) is 12.2. The third-order valence-electron chi connectivity index (χ3n) is 2.74. The van der Waals surface area contributed by atoms with Crippen molar-refractivity contribution in [2.24, 2.45) is 0 Å². The summed E-state index contributed by atoms with van der Waals surface area (Å²) < 4.78 is 27.0. The Morgan fingerprint density at radius 3 is 2.65 bits per heavy atom. The van der Waals surface area contributed by atoms with E-state index in [-0.39, 0.29) is 18.0 Å². The van der Waals surface area contributed by atoms with Crippen LogP contribution in [0.4, 0.5) is 8.78 Å². The van der Waals surface area contributed by atoms with Crippen LogP contribution in [-0.4, -0.2) is 22.8 Å². The molecule has 0 unspecified atom stereocenters. The molecule has 2 rings (SSSR count). The van der Waals surface area contributed by atoms with Gasteiger partial charge in [0, 0.05) is 31.4 Å². The molecular weight excluding hydrogens is 330 g/mol. The molecule has 0 atom stereocenters. The van der Waals surface area contributed by atoms with Crippen LogP contribution in [0.3, 0.4) is 0 Å². The van der Waals surface area contributed by atoms with Crippen molar-refractivity contribution in [3.05, 3.63) is 63.9 Å². The average molecular weight is 341 g/mol. The standard InChI is InChI=1S/C14H11BrF2N2O/c1-19(8-10-2-4-11(16)6-12(10)17)14(20)9-3-5-13(15)18-7-9/h2-7H,8H2,1H3. The Morgan fingerprint density at radius 2 is 2.05 bits per heavy atom. The van der Waals surface area contributed by atoms with Gasteiger partial charge in [0.05, 0.1) is 5.56 Å². The normalized spacial score (nSPS) is 10.4. The number of carbonyl (C=O) groups excluding carboxylic acids is 1. The topological polar surface area (TPSA) is 33.2 Å². The Bertz CT molecular complexity index is 632. The maximum atomic E-state index is 13.5. The fourth-order valence-corrected chi connectivity index (χ4v) is 1.93. The molecule has 2 aromatic rings. The lowest BCUT2D eigenvalue weighted by Gasteiger charge is -2.17. The van der Waals surface area contributed by atoms with Gasteiger partial charge >= 0.3 is 0 Å². The van der Waals surface area contributed by atoms with E-state index in [4.69, 9.17) is 0 Å². The fraction of sp³-hybridized carbons (Fsp3) is 0.143. The lowest BCUT2D eigenvalue weighted by molar-refractivity contribution is 0.0783. The molecule has 1 aromatic carbocycles. The second kappa shape index (κ2) is 6.09. The monoisotopic (exact) mass is 340 g/mol. The summed E-state index contributed by atoms with van der Waals surface area (Å²) in [5, 5.41) is 0. The second-order valence-corrected chi connectivity index (χ2v) is 5.08. The molecule has 104 valence electrons. The minimum atomic E-state index is -0.668. The summed E-state index contributed by atoms with van der Waals surface area (Å²) in [6.45, 7) is 0.0566. The van der Waals surface area contributed by atoms with Crippen molar-refractivity contribution in [1.29, 1.82) is 0 Å². The van der Waals surface area contributed by atoms with Crippen LogP contribution < -0.4 is 0 Å². The Morgan fingerprint density at radius 1 is 1.30 bits per heavy atom. The Kier molecular flexibility index (Phi) is 4.44. The summed E-state index contributed by atoms with van der Waals surface area (Å²) in [7, 11) is 1.55. The number of aromatic nitrogens is 1. The van der Waals surface area contributed by atoms with Crippen molar-refractivity contribution >= 4 is 21.8 Å². The highest BCUT2D eigenvalue weighted by Gasteiger charge is 2.14. The highest BCUT2D eigenvalue weighted by Crippen LogP contribution is 2.14. The molecule has 0 aliphatic carbocycles. The molecule has 3 nitrogen and oxygen atoms in total. The molecule has 6 heteroatoms. The molecule has 0 spiro atoms. The summed E-state index contributed by atoms with van der Waals surface area (Å²) in [5.74, 6) is -1.59. The van der Waals surface area contributed by atoms with Gasteiger partial charge in [-0.25, -0.2) is 13.8 Å². The van der Waals surface area contributed by atoms with Crippen LogP contribution in [0.15, 0.2) is 41.1 Å². The first-order valence-corrected chi connectivity index (χ1v) is 6.57. The summed E-state index contributed by atoms with van der Waals surface area (Å²) in [4.78, 5) is 17.4. The first-order chi connectivity index (χ1) is 9.47. The van der Waals surface area contributed by atoms with E-state index in [0.29, 0.717) is 10.2 Å². The third-order valence-corrected chi connectivity index (χ3v) is 3.21. The number of halogens is 3. The van der Waals surface area contributed by atoms with Crippen LogP contribution >= 0.6 is 15.9 Å². The van der Waals surface area contributed by atoms with Crippen LogP contribution in [0.25, 0.3) is 0 Å². The first kappa shape index (κ1) is 14.6. The van der Waals surface area contributed by atoms with Gasteiger partial charge in [-0.05, 0) is 34.1 Å². The molecule has 0 saturated carbocycles. The van der Waals surface area contributed by atoms with Gasteiger partial charge in [0.25, 0.3) is 5.91 Å². The first-order valence-electron chi connectivity index (χ1n) is 5.78. The van der Waals surface area contributed by atoms with Gasteiger partial charge in [-0.3, -0.25) is 4.79 Å². The van der Waals surface area contributed by atoms with E-state index in [9.17, 15) is 13.6 Å². The molecule has 0 saturated heterocycles. The summed E-state index contributed by atoms with van der Waals surface area (Å²) in [6, 6.07) is 6.57. The van der Waals surface area contributed by atoms with Crippen LogP contribution in [0.2, 0.25) is 0 Å². The average Bonchev–Trinajstić information content (AvgIpc) is 2.42. The molecule has 1 heterocycles. The molecule has 0 aliphatic rings. The lowest BCUT2D eigenvalue weighted by atomic mass is 10.2. The minimum absolute atomic E-state index is 0.0566. The molecule has 0 N–H and O–H groups in total. The third kappa shape index (κ3) is 3.39. The number of carbonyl (C=O) groups is 1. The number of amides is 1. The molecule has 1 aromatic heterocycles. The Labute approximate surface area is 123 Å². The predicted octanol–water partition coefficient (Wildman–Crippen LogP) is 3.39. The van der Waals surface area contributed by atoms with Gasteiger partial charge in [-0.15, -0.1) is 0 Å². The maximum absolute atomic E-state index is 13.5. The van der Waals surface area contributed by atoms with Crippen molar-refractivity contribution in [2.45, 2.75) is 6.54 Å². The van der Waals surface area contributed by atoms with E-state index in [1.807, 2.05) is 0 Å². The predicted molar refractivity (Wildman–Crippen MR) is 74.1 cm³/mol. The molecule has 0 bridgehead atoms. The Balaban J connectivity index is 2.13. The van der Waals surface area contributed by atoms with E-state index in [0.717, 1.165) is 12.1 Å². The summed E-state index contributed by atoms with van der Waals surface area (Å²) in [5.41, 5.74) is 0.658. The highest BCUT2D eigenvalue weighted by atomic mass is 79.9. The SMILES string of the molecule is CN(Cc1ccc(F)cc1F)C(=O)c1ccc(Br)nc1. The zero-order valence-electron chi connectivity index (χ0n) is 10.6. The van der Waals surface area contributed by atoms with E-state index < -0.39 is 11.6 Å². The molecule has 20 heavy (non-hydrogen) atoms. The zero-order chi connectivity index (χ0) is 14.7. The van der Waals surface area contributed by atoms with E-state index in [1.54, 1.807) is 19.2 Å². The lowest BCUT2D eigenvalue weighted by Crippen LogP contribution is -2.26. The van der Waals surface area contributed by atoms with Gasteiger partial charge in [-0.2, -0.15) is 0 Å². The van der Waals surface area contributed by atoms with Gasteiger partial charge in [0.1, 0.15) is 16.2 Å². The summed E-state index contributed by atoms with van der Waals surface area (Å²) >= 11 is 3.18. The van der Waals surface area contributed by atoms with E-state index >= 15 is 0 Å². The van der Waals surface area contributed by atoms with Crippen molar-refractivity contribution in [2.75, 3.05) is 7.05 Å². The van der Waals surface area contributed by atoms with Crippen molar-refractivity contribution in [3.8, 4) is 0 Å². The maximum Gasteiger partial charge on any atom is 0.255 e. The highest BCUT2D eigenvalue weighted by molar-refractivity contribution is 9.10. The molecule has 1 amide bonds. The quantitative estimate of drug-likeness (QED) is 0.802. The number of hydrogen-bond acceptors (Lipinski definition) is 2. The van der Waals surface area contributed by atoms with Crippen LogP contribution in [-0.2, 0) is 6.54 Å². The van der Waals surface area contributed by atoms with Crippen molar-refractivity contribution < 1.29 is 13.6 Å². The Hall–Kier alpha value is -1.82. The van der Waals surface area contributed by atoms with Gasteiger partial charge < -0.3 is 4.90 Å². The van der Waals surface area contributed by atoms with E-state index in [2.05, 4.69) is 20.9 Å². The smallest absolute Gasteiger partial charge is 0.255 e. The second-order valence-electron chi connectivity index (χ2n) is 4.27. The molecule has 0 fully saturated rings. The fourth-order valence-electron chi connectivity index (χ4n) is 1.70. The number of nitrogens with zero attached hydrogens (tertiary/aromatic N) is 2. The minimum Gasteiger partial charge on any atom is -0.337 e. The van der Waals surface area contributed by atoms with Gasteiger partial charge in [0.15, 0.2) is 0 Å². The molecule has 0 radical (unpaired) electrons. The van der Waals surface area contributed by atoms with Gasteiger partial charge in [0.2, 0.25) is 0 Å². The largest absolute Gasteiger partial charge is 0.337 e. The van der Waals surface area contributed by atoms with Gasteiger partial charge in [-0.1, -0.05) is 6.07 Å². The van der Waals surface area contributed by atoms with Crippen LogP contribution in [0.1, 0.15) is 15.9 Å². The van der Waals surface area contributed by atoms with Crippen LogP contribution in [0, 0.1) is 11.6 Å². The van der Waals surface area contributed by atoms with Crippen molar-refractivity contribution in [3.63, 3.8) is 0 Å². The molecule has 0 aliphatic heterocycles.